The molecule has 4 heteroatoms. The van der Waals surface area contributed by atoms with Gasteiger partial charge in [-0.2, -0.15) is 0 Å². The van der Waals surface area contributed by atoms with Crippen LogP contribution in [0.1, 0.15) is 13.3 Å². The van der Waals surface area contributed by atoms with E-state index in [0.717, 1.165) is 18.2 Å². The third-order valence-electron chi connectivity index (χ3n) is 2.06. The van der Waals surface area contributed by atoms with Crippen LogP contribution in [0.3, 0.4) is 0 Å². The van der Waals surface area contributed by atoms with Gasteiger partial charge in [-0.1, -0.05) is 0 Å². The topological polar surface area (TPSA) is 27.3 Å². The fourth-order valence-electron chi connectivity index (χ4n) is 1.45. The molecule has 70 valence electrons. The molecule has 1 saturated heterocycles. The van der Waals surface area contributed by atoms with Crippen LogP contribution in [0.25, 0.3) is 0 Å². The average molecular weight is 187 g/mol. The minimum absolute atomic E-state index is 0.543. The Morgan fingerprint density at radius 2 is 2.42 bits per heavy atom. The van der Waals surface area contributed by atoms with Gasteiger partial charge in [0.2, 0.25) is 0 Å². The molecular formula is C8H17N3S. The van der Waals surface area contributed by atoms with Crippen LogP contribution in [0, 0.1) is 0 Å². The van der Waals surface area contributed by atoms with Crippen molar-refractivity contribution in [2.24, 2.45) is 0 Å². The van der Waals surface area contributed by atoms with Crippen LogP contribution in [-0.4, -0.2) is 42.7 Å². The van der Waals surface area contributed by atoms with Crippen molar-refractivity contribution in [1.29, 1.82) is 0 Å². The smallest absolute Gasteiger partial charge is 0.166 e. The first-order chi connectivity index (χ1) is 5.72. The molecule has 2 N–H and O–H groups in total. The average Bonchev–Trinajstić information content (AvgIpc) is 2.36. The largest absolute Gasteiger partial charge is 0.363 e. The molecule has 0 aliphatic carbocycles. The molecule has 0 spiro atoms. The van der Waals surface area contributed by atoms with E-state index in [1.165, 1.54) is 13.0 Å². The number of likely N-dealkylation sites (N-methyl/N-ethyl adjacent to an activating group) is 1. The first kappa shape index (κ1) is 9.74. The Kier molecular flexibility index (Phi) is 3.75. The Bertz CT molecular complexity index is 160. The van der Waals surface area contributed by atoms with Crippen LogP contribution in [0.5, 0.6) is 0 Å². The molecule has 0 aromatic heterocycles. The molecule has 1 heterocycles. The van der Waals surface area contributed by atoms with E-state index in [-0.39, 0.29) is 0 Å². The van der Waals surface area contributed by atoms with Gasteiger partial charge in [0.05, 0.1) is 0 Å². The molecule has 1 unspecified atom stereocenters. The van der Waals surface area contributed by atoms with E-state index in [1.54, 1.807) is 0 Å². The monoisotopic (exact) mass is 187 g/mol. The summed E-state index contributed by atoms with van der Waals surface area (Å²) in [7, 11) is 2.14. The predicted octanol–water partition coefficient (Wildman–Crippen LogP) is 0.175. The summed E-state index contributed by atoms with van der Waals surface area (Å²) >= 11 is 5.09. The fourth-order valence-corrected chi connectivity index (χ4v) is 1.76. The van der Waals surface area contributed by atoms with E-state index >= 15 is 0 Å². The molecule has 0 aromatic rings. The van der Waals surface area contributed by atoms with Gasteiger partial charge in [0.1, 0.15) is 0 Å². The maximum atomic E-state index is 5.09. The molecule has 0 aromatic carbocycles. The van der Waals surface area contributed by atoms with Crippen LogP contribution in [-0.2, 0) is 0 Å². The highest BCUT2D eigenvalue weighted by molar-refractivity contribution is 7.80. The second kappa shape index (κ2) is 4.62. The number of likely N-dealkylation sites (tertiary alicyclic amines) is 1. The summed E-state index contributed by atoms with van der Waals surface area (Å²) in [5, 5.41) is 7.17. The van der Waals surface area contributed by atoms with Crippen molar-refractivity contribution in [3.63, 3.8) is 0 Å². The normalized spacial score (nSPS) is 24.0. The Balaban J connectivity index is 2.18. The Morgan fingerprint density at radius 3 is 2.92 bits per heavy atom. The van der Waals surface area contributed by atoms with Gasteiger partial charge in [0.25, 0.3) is 0 Å². The molecule has 0 radical (unpaired) electrons. The summed E-state index contributed by atoms with van der Waals surface area (Å²) in [4.78, 5) is 2.31. The van der Waals surface area contributed by atoms with Crippen molar-refractivity contribution in [3.8, 4) is 0 Å². The van der Waals surface area contributed by atoms with Gasteiger partial charge in [-0.05, 0) is 39.2 Å². The molecule has 0 saturated carbocycles. The number of nitrogens with zero attached hydrogens (tertiary/aromatic N) is 1. The van der Waals surface area contributed by atoms with E-state index < -0.39 is 0 Å². The number of thiocarbonyl (C=S) groups is 1. The molecule has 12 heavy (non-hydrogen) atoms. The Morgan fingerprint density at radius 1 is 1.67 bits per heavy atom. The summed E-state index contributed by atoms with van der Waals surface area (Å²) in [6.07, 6.45) is 1.20. The molecule has 1 aliphatic heterocycles. The highest BCUT2D eigenvalue weighted by Gasteiger charge is 2.19. The van der Waals surface area contributed by atoms with Crippen LogP contribution in [0.15, 0.2) is 0 Å². The number of rotatable bonds is 2. The molecule has 3 nitrogen and oxygen atoms in total. The number of hydrogen-bond acceptors (Lipinski definition) is 2. The lowest BCUT2D eigenvalue weighted by Gasteiger charge is -2.15. The summed E-state index contributed by atoms with van der Waals surface area (Å²) < 4.78 is 0. The minimum Gasteiger partial charge on any atom is -0.363 e. The molecule has 1 aliphatic rings. The summed E-state index contributed by atoms with van der Waals surface area (Å²) in [5.41, 5.74) is 0. The fraction of sp³-hybridized carbons (Fsp3) is 0.875. The van der Waals surface area contributed by atoms with Crippen molar-refractivity contribution in [2.45, 2.75) is 19.4 Å². The van der Waals surface area contributed by atoms with Crippen molar-refractivity contribution < 1.29 is 0 Å². The maximum absolute atomic E-state index is 5.09. The van der Waals surface area contributed by atoms with Gasteiger partial charge in [-0.15, -0.1) is 0 Å². The zero-order valence-electron chi connectivity index (χ0n) is 7.76. The van der Waals surface area contributed by atoms with Crippen LogP contribution >= 0.6 is 12.2 Å². The number of hydrogen-bond donors (Lipinski definition) is 2. The second-order valence-electron chi connectivity index (χ2n) is 3.25. The lowest BCUT2D eigenvalue weighted by Crippen LogP contribution is -2.42. The first-order valence-electron chi connectivity index (χ1n) is 4.45. The van der Waals surface area contributed by atoms with Gasteiger partial charge < -0.3 is 15.5 Å². The van der Waals surface area contributed by atoms with Gasteiger partial charge in [-0.3, -0.25) is 0 Å². The quantitative estimate of drug-likeness (QED) is 0.603. The molecular weight excluding hydrogens is 170 g/mol. The molecule has 1 atom stereocenters. The number of nitrogens with one attached hydrogen (secondary N) is 2. The van der Waals surface area contributed by atoms with Crippen molar-refractivity contribution >= 4 is 17.3 Å². The molecule has 0 bridgehead atoms. The van der Waals surface area contributed by atoms with Crippen LogP contribution < -0.4 is 10.6 Å². The molecule has 1 fully saturated rings. The highest BCUT2D eigenvalue weighted by atomic mass is 32.1. The van der Waals surface area contributed by atoms with Crippen LogP contribution in [0.2, 0.25) is 0 Å². The lowest BCUT2D eigenvalue weighted by atomic mass is 10.3. The zero-order valence-corrected chi connectivity index (χ0v) is 8.58. The highest BCUT2D eigenvalue weighted by Crippen LogP contribution is 2.05. The summed E-state index contributed by atoms with van der Waals surface area (Å²) in [6, 6.07) is 0.543. The Labute approximate surface area is 79.5 Å². The van der Waals surface area contributed by atoms with E-state index in [4.69, 9.17) is 12.2 Å². The SMILES string of the molecule is CCNC(=S)NC1CCN(C)C1. The third kappa shape index (κ3) is 2.95. The zero-order chi connectivity index (χ0) is 8.97. The molecule has 0 amide bonds. The van der Waals surface area contributed by atoms with Crippen molar-refractivity contribution in [3.05, 3.63) is 0 Å². The summed E-state index contributed by atoms with van der Waals surface area (Å²) in [6.45, 7) is 5.22. The molecule has 1 rings (SSSR count). The van der Waals surface area contributed by atoms with Crippen molar-refractivity contribution in [1.82, 2.24) is 15.5 Å². The van der Waals surface area contributed by atoms with Crippen LogP contribution in [0.4, 0.5) is 0 Å². The standard InChI is InChI=1S/C8H17N3S/c1-3-9-8(12)10-7-4-5-11(2)6-7/h7H,3-6H2,1-2H3,(H2,9,10,12). The summed E-state index contributed by atoms with van der Waals surface area (Å²) in [5.74, 6) is 0. The van der Waals surface area contributed by atoms with E-state index in [2.05, 4.69) is 29.5 Å². The van der Waals surface area contributed by atoms with Crippen molar-refractivity contribution in [2.75, 3.05) is 26.7 Å². The van der Waals surface area contributed by atoms with Gasteiger partial charge in [0.15, 0.2) is 5.11 Å². The van der Waals surface area contributed by atoms with E-state index in [0.29, 0.717) is 6.04 Å². The van der Waals surface area contributed by atoms with Gasteiger partial charge >= 0.3 is 0 Å². The van der Waals surface area contributed by atoms with E-state index in [9.17, 15) is 0 Å². The first-order valence-corrected chi connectivity index (χ1v) is 4.86. The predicted molar refractivity (Wildman–Crippen MR) is 55.3 cm³/mol. The Hall–Kier alpha value is -0.350. The second-order valence-corrected chi connectivity index (χ2v) is 3.66. The van der Waals surface area contributed by atoms with Gasteiger partial charge in [0, 0.05) is 19.1 Å². The lowest BCUT2D eigenvalue weighted by molar-refractivity contribution is 0.407. The third-order valence-corrected chi connectivity index (χ3v) is 2.33. The maximum Gasteiger partial charge on any atom is 0.166 e. The minimum atomic E-state index is 0.543. The van der Waals surface area contributed by atoms with E-state index in [1.807, 2.05) is 0 Å². The van der Waals surface area contributed by atoms with Gasteiger partial charge in [-0.25, -0.2) is 0 Å².